The van der Waals surface area contributed by atoms with E-state index in [1.807, 2.05) is 0 Å². The highest BCUT2D eigenvalue weighted by atomic mass is 31.2. The predicted octanol–water partition coefficient (Wildman–Crippen LogP) is 7.14. The van der Waals surface area contributed by atoms with E-state index in [0.29, 0.717) is 0 Å². The van der Waals surface area contributed by atoms with Crippen LogP contribution in [0, 0.1) is 0 Å². The van der Waals surface area contributed by atoms with E-state index in [0.717, 1.165) is 38.5 Å². The Morgan fingerprint density at radius 1 is 0.640 bits per heavy atom. The van der Waals surface area contributed by atoms with Crippen LogP contribution in [0.4, 0.5) is 0 Å². The standard InChI is InChI=1S/C20H43O4P/c1-3-5-7-9-11-12-13-15-17-19-20(24-25(21,22)23)18-16-14-10-8-6-4-2/h20H,3-19H2,1-2H3,(H2,21,22,23). The summed E-state index contributed by atoms with van der Waals surface area (Å²) in [6.45, 7) is 4.44. The Hall–Kier alpha value is 0.110. The van der Waals surface area contributed by atoms with E-state index in [1.165, 1.54) is 70.6 Å². The molecule has 0 spiro atoms. The molecule has 0 aliphatic heterocycles. The lowest BCUT2D eigenvalue weighted by molar-refractivity contribution is 0.115. The first-order valence-electron chi connectivity index (χ1n) is 10.7. The second-order valence-corrected chi connectivity index (χ2v) is 8.58. The van der Waals surface area contributed by atoms with Crippen molar-refractivity contribution in [3.05, 3.63) is 0 Å². The summed E-state index contributed by atoms with van der Waals surface area (Å²) >= 11 is 0. The fourth-order valence-electron chi connectivity index (χ4n) is 3.28. The van der Waals surface area contributed by atoms with Crippen LogP contribution < -0.4 is 0 Å². The Morgan fingerprint density at radius 3 is 1.28 bits per heavy atom. The molecule has 1 unspecified atom stereocenters. The van der Waals surface area contributed by atoms with Crippen LogP contribution in [0.3, 0.4) is 0 Å². The van der Waals surface area contributed by atoms with Gasteiger partial charge in [-0.2, -0.15) is 0 Å². The summed E-state index contributed by atoms with van der Waals surface area (Å²) in [7, 11) is -4.37. The molecule has 0 radical (unpaired) electrons. The minimum atomic E-state index is -4.37. The van der Waals surface area contributed by atoms with Crippen molar-refractivity contribution in [2.24, 2.45) is 0 Å². The van der Waals surface area contributed by atoms with Crippen molar-refractivity contribution in [2.45, 2.75) is 129 Å². The van der Waals surface area contributed by atoms with Crippen molar-refractivity contribution in [1.82, 2.24) is 0 Å². The maximum absolute atomic E-state index is 11.1. The minimum Gasteiger partial charge on any atom is -0.303 e. The Kier molecular flexibility index (Phi) is 17.6. The van der Waals surface area contributed by atoms with Gasteiger partial charge in [-0.05, 0) is 12.8 Å². The van der Waals surface area contributed by atoms with E-state index in [9.17, 15) is 4.57 Å². The molecule has 0 aliphatic carbocycles. The van der Waals surface area contributed by atoms with Gasteiger partial charge in [0.25, 0.3) is 0 Å². The van der Waals surface area contributed by atoms with Gasteiger partial charge in [0, 0.05) is 0 Å². The molecule has 0 heterocycles. The van der Waals surface area contributed by atoms with Crippen molar-refractivity contribution >= 4 is 7.82 Å². The highest BCUT2D eigenvalue weighted by Gasteiger charge is 2.21. The molecule has 0 aromatic carbocycles. The van der Waals surface area contributed by atoms with E-state index >= 15 is 0 Å². The molecule has 0 rings (SSSR count). The summed E-state index contributed by atoms with van der Waals surface area (Å²) in [5.41, 5.74) is 0. The summed E-state index contributed by atoms with van der Waals surface area (Å²) < 4.78 is 16.2. The van der Waals surface area contributed by atoms with Gasteiger partial charge in [0.15, 0.2) is 0 Å². The fourth-order valence-corrected chi connectivity index (χ4v) is 3.88. The van der Waals surface area contributed by atoms with Crippen LogP contribution in [0.5, 0.6) is 0 Å². The molecule has 1 atom stereocenters. The zero-order valence-electron chi connectivity index (χ0n) is 16.8. The molecule has 0 aliphatic rings. The second kappa shape index (κ2) is 17.5. The summed E-state index contributed by atoms with van der Waals surface area (Å²) in [4.78, 5) is 18.2. The highest BCUT2D eigenvalue weighted by molar-refractivity contribution is 7.46. The fraction of sp³-hybridized carbons (Fsp3) is 1.00. The summed E-state index contributed by atoms with van der Waals surface area (Å²) in [6, 6.07) is 0. The normalized spacial score (nSPS) is 13.3. The third-order valence-corrected chi connectivity index (χ3v) is 5.37. The van der Waals surface area contributed by atoms with Crippen LogP contribution in [0.2, 0.25) is 0 Å². The molecular formula is C20H43O4P. The lowest BCUT2D eigenvalue weighted by Gasteiger charge is -2.18. The van der Waals surface area contributed by atoms with E-state index in [2.05, 4.69) is 13.8 Å². The van der Waals surface area contributed by atoms with Gasteiger partial charge < -0.3 is 9.79 Å². The molecule has 25 heavy (non-hydrogen) atoms. The first kappa shape index (κ1) is 25.1. The predicted molar refractivity (Wildman–Crippen MR) is 107 cm³/mol. The summed E-state index contributed by atoms with van der Waals surface area (Å²) in [6.07, 6.45) is 19.7. The van der Waals surface area contributed by atoms with Gasteiger partial charge in [-0.3, -0.25) is 4.52 Å². The molecule has 152 valence electrons. The summed E-state index contributed by atoms with van der Waals surface area (Å²) in [5.74, 6) is 0. The summed E-state index contributed by atoms with van der Waals surface area (Å²) in [5, 5.41) is 0. The Balaban J connectivity index is 3.75. The Labute approximate surface area is 156 Å². The molecule has 2 N–H and O–H groups in total. The number of unbranched alkanes of at least 4 members (excludes halogenated alkanes) is 13. The highest BCUT2D eigenvalue weighted by Crippen LogP contribution is 2.39. The molecule has 0 amide bonds. The van der Waals surface area contributed by atoms with Crippen molar-refractivity contribution in [1.29, 1.82) is 0 Å². The van der Waals surface area contributed by atoms with Crippen LogP contribution in [-0.4, -0.2) is 15.9 Å². The third kappa shape index (κ3) is 20.3. The largest absolute Gasteiger partial charge is 0.469 e. The van der Waals surface area contributed by atoms with Crippen LogP contribution >= 0.6 is 7.82 Å². The number of hydrogen-bond donors (Lipinski definition) is 2. The number of phosphoric acid groups is 1. The average Bonchev–Trinajstić information content (AvgIpc) is 2.55. The topological polar surface area (TPSA) is 66.8 Å². The first-order chi connectivity index (χ1) is 12.0. The van der Waals surface area contributed by atoms with Crippen LogP contribution in [-0.2, 0) is 9.09 Å². The molecule has 4 nitrogen and oxygen atoms in total. The quantitative estimate of drug-likeness (QED) is 0.185. The van der Waals surface area contributed by atoms with Crippen LogP contribution in [0.25, 0.3) is 0 Å². The molecular weight excluding hydrogens is 335 g/mol. The molecule has 5 heteroatoms. The van der Waals surface area contributed by atoms with Gasteiger partial charge in [0.2, 0.25) is 0 Å². The number of hydrogen-bond acceptors (Lipinski definition) is 2. The Morgan fingerprint density at radius 2 is 0.960 bits per heavy atom. The van der Waals surface area contributed by atoms with Gasteiger partial charge in [0.05, 0.1) is 6.10 Å². The van der Waals surface area contributed by atoms with E-state index < -0.39 is 7.82 Å². The van der Waals surface area contributed by atoms with Crippen molar-refractivity contribution in [3.8, 4) is 0 Å². The van der Waals surface area contributed by atoms with Crippen molar-refractivity contribution in [3.63, 3.8) is 0 Å². The lowest BCUT2D eigenvalue weighted by Crippen LogP contribution is -2.11. The average molecular weight is 379 g/mol. The molecule has 0 aromatic heterocycles. The lowest BCUT2D eigenvalue weighted by atomic mass is 10.0. The minimum absolute atomic E-state index is 0.281. The number of phosphoric ester groups is 1. The zero-order chi connectivity index (χ0) is 18.8. The molecule has 0 saturated carbocycles. The Bertz CT molecular complexity index is 317. The maximum atomic E-state index is 11.1. The monoisotopic (exact) mass is 378 g/mol. The van der Waals surface area contributed by atoms with Crippen LogP contribution in [0.1, 0.15) is 123 Å². The molecule has 0 fully saturated rings. The second-order valence-electron chi connectivity index (χ2n) is 7.39. The third-order valence-electron chi connectivity index (χ3n) is 4.80. The van der Waals surface area contributed by atoms with Gasteiger partial charge in [-0.1, -0.05) is 110 Å². The number of rotatable bonds is 19. The van der Waals surface area contributed by atoms with Crippen LogP contribution in [0.15, 0.2) is 0 Å². The van der Waals surface area contributed by atoms with Gasteiger partial charge in [-0.25, -0.2) is 4.57 Å². The molecule has 0 bridgehead atoms. The van der Waals surface area contributed by atoms with Gasteiger partial charge >= 0.3 is 7.82 Å². The maximum Gasteiger partial charge on any atom is 0.469 e. The smallest absolute Gasteiger partial charge is 0.303 e. The van der Waals surface area contributed by atoms with E-state index in [4.69, 9.17) is 14.3 Å². The first-order valence-corrected chi connectivity index (χ1v) is 12.3. The van der Waals surface area contributed by atoms with E-state index in [-0.39, 0.29) is 6.10 Å². The van der Waals surface area contributed by atoms with Gasteiger partial charge in [-0.15, -0.1) is 0 Å². The van der Waals surface area contributed by atoms with E-state index in [1.54, 1.807) is 0 Å². The van der Waals surface area contributed by atoms with Crippen molar-refractivity contribution < 1.29 is 18.9 Å². The molecule has 0 saturated heterocycles. The zero-order valence-corrected chi connectivity index (χ0v) is 17.7. The van der Waals surface area contributed by atoms with Crippen molar-refractivity contribution in [2.75, 3.05) is 0 Å². The van der Waals surface area contributed by atoms with Gasteiger partial charge in [0.1, 0.15) is 0 Å². The SMILES string of the molecule is CCCCCCCCCCCC(CCCCCCCC)OP(=O)(O)O. The molecule has 0 aromatic rings.